The number of aromatic hydroxyl groups is 1. The van der Waals surface area contributed by atoms with E-state index in [0.29, 0.717) is 13.0 Å². The van der Waals surface area contributed by atoms with E-state index in [-0.39, 0.29) is 23.3 Å². The zero-order valence-electron chi connectivity index (χ0n) is 13.0. The van der Waals surface area contributed by atoms with Gasteiger partial charge in [0.2, 0.25) is 0 Å². The molecule has 1 aliphatic rings. The zero-order valence-corrected chi connectivity index (χ0v) is 13.0. The van der Waals surface area contributed by atoms with Gasteiger partial charge in [-0.2, -0.15) is 0 Å². The van der Waals surface area contributed by atoms with Crippen LogP contribution in [0.15, 0.2) is 60.7 Å². The topological polar surface area (TPSA) is 58.6 Å². The monoisotopic (exact) mass is 319 g/mol. The van der Waals surface area contributed by atoms with Crippen molar-refractivity contribution in [2.45, 2.75) is 12.5 Å². The van der Waals surface area contributed by atoms with Crippen LogP contribution in [0.3, 0.4) is 0 Å². The van der Waals surface area contributed by atoms with Gasteiger partial charge in [0.15, 0.2) is 0 Å². The van der Waals surface area contributed by atoms with E-state index in [9.17, 15) is 9.90 Å². The molecule has 120 valence electrons. The van der Waals surface area contributed by atoms with Gasteiger partial charge in [0.25, 0.3) is 5.91 Å². The van der Waals surface area contributed by atoms with Crippen LogP contribution in [0.4, 0.5) is 0 Å². The maximum atomic E-state index is 12.7. The van der Waals surface area contributed by atoms with Gasteiger partial charge < -0.3 is 15.2 Å². The number of amides is 1. The van der Waals surface area contributed by atoms with Gasteiger partial charge in [-0.1, -0.05) is 42.5 Å². The average molecular weight is 319 g/mol. The summed E-state index contributed by atoms with van der Waals surface area (Å²) in [5.41, 5.74) is 1.26. The summed E-state index contributed by atoms with van der Waals surface area (Å²) in [5.74, 6) is 0.517. The summed E-state index contributed by atoms with van der Waals surface area (Å²) in [7, 11) is 0. The predicted octanol–water partition coefficient (Wildman–Crippen LogP) is 3.80. The molecule has 0 spiro atoms. The number of phenols is 1. The minimum absolute atomic E-state index is 0.00783. The fourth-order valence-corrected chi connectivity index (χ4v) is 3.14. The van der Waals surface area contributed by atoms with Gasteiger partial charge in [-0.3, -0.25) is 4.79 Å². The quantitative estimate of drug-likeness (QED) is 0.755. The molecule has 1 amide bonds. The fourth-order valence-electron chi connectivity index (χ4n) is 3.14. The first kappa shape index (κ1) is 14.6. The Labute approximate surface area is 139 Å². The second kappa shape index (κ2) is 5.89. The summed E-state index contributed by atoms with van der Waals surface area (Å²) < 4.78 is 5.62. The second-order valence-electron chi connectivity index (χ2n) is 5.92. The number of hydrogen-bond donors (Lipinski definition) is 2. The van der Waals surface area contributed by atoms with Gasteiger partial charge in [-0.05, 0) is 29.0 Å². The Balaban J connectivity index is 1.65. The maximum Gasteiger partial charge on any atom is 0.255 e. The average Bonchev–Trinajstić information content (AvgIpc) is 2.61. The molecule has 0 saturated heterocycles. The third-order valence-electron chi connectivity index (χ3n) is 4.37. The van der Waals surface area contributed by atoms with Gasteiger partial charge in [-0.25, -0.2) is 0 Å². The Kier molecular flexibility index (Phi) is 3.58. The molecule has 0 saturated carbocycles. The van der Waals surface area contributed by atoms with Crippen LogP contribution in [-0.2, 0) is 0 Å². The number of fused-ring (bicyclic) bond motifs is 2. The van der Waals surface area contributed by atoms with Crippen LogP contribution < -0.4 is 10.1 Å². The van der Waals surface area contributed by atoms with Crippen LogP contribution >= 0.6 is 0 Å². The van der Waals surface area contributed by atoms with Crippen molar-refractivity contribution in [1.29, 1.82) is 0 Å². The van der Waals surface area contributed by atoms with Gasteiger partial charge in [-0.15, -0.1) is 0 Å². The van der Waals surface area contributed by atoms with Crippen molar-refractivity contribution in [2.75, 3.05) is 6.61 Å². The molecule has 1 unspecified atom stereocenters. The van der Waals surface area contributed by atoms with Gasteiger partial charge in [0.1, 0.15) is 11.5 Å². The van der Waals surface area contributed by atoms with Gasteiger partial charge >= 0.3 is 0 Å². The summed E-state index contributed by atoms with van der Waals surface area (Å²) in [5, 5.41) is 15.1. The molecule has 0 aromatic heterocycles. The SMILES string of the molecule is O=C(NC1CCOc2ccccc21)c1cc2ccccc2cc1O. The molecule has 0 fully saturated rings. The molecule has 24 heavy (non-hydrogen) atoms. The number of para-hydroxylation sites is 1. The van der Waals surface area contributed by atoms with Crippen molar-refractivity contribution >= 4 is 16.7 Å². The fraction of sp³-hybridized carbons (Fsp3) is 0.150. The molecular weight excluding hydrogens is 302 g/mol. The highest BCUT2D eigenvalue weighted by Gasteiger charge is 2.24. The summed E-state index contributed by atoms with van der Waals surface area (Å²) in [6.45, 7) is 0.561. The van der Waals surface area contributed by atoms with Crippen LogP contribution in [0.25, 0.3) is 10.8 Å². The molecule has 4 heteroatoms. The first-order valence-corrected chi connectivity index (χ1v) is 7.97. The molecule has 1 aliphatic heterocycles. The highest BCUT2D eigenvalue weighted by Crippen LogP contribution is 2.32. The third kappa shape index (κ3) is 2.56. The van der Waals surface area contributed by atoms with Gasteiger partial charge in [0, 0.05) is 12.0 Å². The molecule has 0 aliphatic carbocycles. The van der Waals surface area contributed by atoms with E-state index >= 15 is 0 Å². The number of carbonyl (C=O) groups excluding carboxylic acids is 1. The van der Waals surface area contributed by atoms with Crippen LogP contribution in [-0.4, -0.2) is 17.6 Å². The number of hydrogen-bond acceptors (Lipinski definition) is 3. The van der Waals surface area contributed by atoms with E-state index in [2.05, 4.69) is 5.32 Å². The Morgan fingerprint density at radius 2 is 1.75 bits per heavy atom. The summed E-state index contributed by atoms with van der Waals surface area (Å²) in [6, 6.07) is 18.6. The second-order valence-corrected chi connectivity index (χ2v) is 5.92. The molecule has 4 nitrogen and oxygen atoms in total. The normalized spacial score (nSPS) is 16.2. The molecule has 3 aromatic carbocycles. The zero-order chi connectivity index (χ0) is 16.5. The largest absolute Gasteiger partial charge is 0.507 e. The lowest BCUT2D eigenvalue weighted by Gasteiger charge is -2.26. The lowest BCUT2D eigenvalue weighted by molar-refractivity contribution is 0.0922. The van der Waals surface area contributed by atoms with Crippen LogP contribution in [0.1, 0.15) is 28.4 Å². The van der Waals surface area contributed by atoms with Crippen molar-refractivity contribution < 1.29 is 14.6 Å². The number of ether oxygens (including phenoxy) is 1. The first-order valence-electron chi connectivity index (χ1n) is 7.97. The standard InChI is InChI=1S/C20H17NO3/c22-18-12-14-6-2-1-5-13(14)11-16(18)20(23)21-17-9-10-24-19-8-4-3-7-15(17)19/h1-8,11-12,17,22H,9-10H2,(H,21,23). The van der Waals surface area contributed by atoms with E-state index in [1.807, 2.05) is 48.5 Å². The van der Waals surface area contributed by atoms with E-state index in [1.54, 1.807) is 12.1 Å². The number of carbonyl (C=O) groups is 1. The lowest BCUT2D eigenvalue weighted by atomic mass is 9.99. The summed E-state index contributed by atoms with van der Waals surface area (Å²) >= 11 is 0. The number of nitrogens with one attached hydrogen (secondary N) is 1. The van der Waals surface area contributed by atoms with Crippen molar-refractivity contribution in [3.8, 4) is 11.5 Å². The Hall–Kier alpha value is -3.01. The molecule has 0 radical (unpaired) electrons. The third-order valence-corrected chi connectivity index (χ3v) is 4.37. The minimum Gasteiger partial charge on any atom is -0.507 e. The smallest absolute Gasteiger partial charge is 0.255 e. The Morgan fingerprint density at radius 1 is 1.04 bits per heavy atom. The Bertz CT molecular complexity index is 920. The Morgan fingerprint density at radius 3 is 2.58 bits per heavy atom. The molecule has 3 aromatic rings. The van der Waals surface area contributed by atoms with Gasteiger partial charge in [0.05, 0.1) is 18.2 Å². The first-order chi connectivity index (χ1) is 11.7. The molecule has 0 bridgehead atoms. The van der Waals surface area contributed by atoms with Crippen LogP contribution in [0, 0.1) is 0 Å². The predicted molar refractivity (Wildman–Crippen MR) is 92.4 cm³/mol. The molecular formula is C20H17NO3. The molecule has 2 N–H and O–H groups in total. The molecule has 1 heterocycles. The van der Waals surface area contributed by atoms with E-state index in [0.717, 1.165) is 22.1 Å². The highest BCUT2D eigenvalue weighted by molar-refractivity contribution is 6.01. The van der Waals surface area contributed by atoms with Crippen molar-refractivity contribution in [3.05, 3.63) is 71.8 Å². The van der Waals surface area contributed by atoms with Crippen molar-refractivity contribution in [3.63, 3.8) is 0 Å². The highest BCUT2D eigenvalue weighted by atomic mass is 16.5. The number of rotatable bonds is 2. The van der Waals surface area contributed by atoms with E-state index in [1.165, 1.54) is 0 Å². The molecule has 1 atom stereocenters. The minimum atomic E-state index is -0.278. The van der Waals surface area contributed by atoms with Crippen molar-refractivity contribution in [2.24, 2.45) is 0 Å². The van der Waals surface area contributed by atoms with Crippen molar-refractivity contribution in [1.82, 2.24) is 5.32 Å². The van der Waals surface area contributed by atoms with E-state index in [4.69, 9.17) is 4.74 Å². The lowest BCUT2D eigenvalue weighted by Crippen LogP contribution is -2.32. The maximum absolute atomic E-state index is 12.7. The summed E-state index contributed by atoms with van der Waals surface area (Å²) in [6.07, 6.45) is 0.705. The van der Waals surface area contributed by atoms with Crippen LogP contribution in [0.5, 0.6) is 11.5 Å². The number of phenolic OH excluding ortho intramolecular Hbond substituents is 1. The van der Waals surface area contributed by atoms with Crippen LogP contribution in [0.2, 0.25) is 0 Å². The molecule has 4 rings (SSSR count). The van der Waals surface area contributed by atoms with E-state index < -0.39 is 0 Å². The summed E-state index contributed by atoms with van der Waals surface area (Å²) in [4.78, 5) is 12.7. The number of benzene rings is 3.